The van der Waals surface area contributed by atoms with Crippen molar-refractivity contribution in [2.45, 2.75) is 4.90 Å². The fourth-order valence-electron chi connectivity index (χ4n) is 0.696. The normalized spacial score (nSPS) is 9.18. The maximum Gasteiger partial charge on any atom is 0.148 e. The molecule has 1 aromatic rings. The van der Waals surface area contributed by atoms with Crippen molar-refractivity contribution in [3.05, 3.63) is 23.5 Å². The first-order valence-corrected chi connectivity index (χ1v) is 3.28. The van der Waals surface area contributed by atoms with E-state index in [1.807, 2.05) is 0 Å². The van der Waals surface area contributed by atoms with Gasteiger partial charge in [0.25, 0.3) is 0 Å². The Hall–Kier alpha value is -1.21. The monoisotopic (exact) mass is 168 g/mol. The van der Waals surface area contributed by atoms with Gasteiger partial charge in [-0.05, 0) is 12.1 Å². The molecule has 2 N–H and O–H groups in total. The van der Waals surface area contributed by atoms with E-state index in [0.717, 1.165) is 0 Å². The number of nitrogens with zero attached hydrogens (tertiary/aromatic N) is 1. The molecular formula is C7H5FN2S. The van der Waals surface area contributed by atoms with Crippen molar-refractivity contribution in [2.75, 3.05) is 5.73 Å². The molecule has 0 aromatic heterocycles. The standard InChI is InChI=1S/C7H5FN2S/c8-6-2-5(11)1-4(3-9)7(6)10/h1-2,11H,10H2. The van der Waals surface area contributed by atoms with Crippen molar-refractivity contribution in [2.24, 2.45) is 0 Å². The van der Waals surface area contributed by atoms with Crippen molar-refractivity contribution in [1.29, 1.82) is 5.26 Å². The van der Waals surface area contributed by atoms with Gasteiger partial charge in [-0.3, -0.25) is 0 Å². The largest absolute Gasteiger partial charge is 0.395 e. The third-order valence-corrected chi connectivity index (χ3v) is 1.49. The van der Waals surface area contributed by atoms with Crippen LogP contribution in [0.3, 0.4) is 0 Å². The smallest absolute Gasteiger partial charge is 0.148 e. The molecule has 0 radical (unpaired) electrons. The molecular weight excluding hydrogens is 163 g/mol. The lowest BCUT2D eigenvalue weighted by Crippen LogP contribution is -1.94. The topological polar surface area (TPSA) is 49.8 Å². The Morgan fingerprint density at radius 3 is 2.73 bits per heavy atom. The molecule has 0 unspecified atom stereocenters. The van der Waals surface area contributed by atoms with Crippen molar-refractivity contribution >= 4 is 18.3 Å². The van der Waals surface area contributed by atoms with Gasteiger partial charge in [0.05, 0.1) is 11.3 Å². The number of halogens is 1. The van der Waals surface area contributed by atoms with Gasteiger partial charge in [-0.15, -0.1) is 12.6 Å². The van der Waals surface area contributed by atoms with E-state index < -0.39 is 5.82 Å². The Labute approximate surface area is 68.8 Å². The second-order valence-corrected chi connectivity index (χ2v) is 2.52. The average molecular weight is 168 g/mol. The Morgan fingerprint density at radius 1 is 1.55 bits per heavy atom. The Balaban J connectivity index is 3.39. The molecule has 0 aliphatic heterocycles. The van der Waals surface area contributed by atoms with Crippen LogP contribution in [0.15, 0.2) is 17.0 Å². The van der Waals surface area contributed by atoms with Gasteiger partial charge in [0, 0.05) is 4.90 Å². The predicted octanol–water partition coefficient (Wildman–Crippen LogP) is 1.57. The first-order valence-electron chi connectivity index (χ1n) is 2.83. The quantitative estimate of drug-likeness (QED) is 0.456. The van der Waals surface area contributed by atoms with Crippen LogP contribution in [0.5, 0.6) is 0 Å². The summed E-state index contributed by atoms with van der Waals surface area (Å²) in [5.41, 5.74) is 5.23. The van der Waals surface area contributed by atoms with Crippen molar-refractivity contribution in [1.82, 2.24) is 0 Å². The lowest BCUT2D eigenvalue weighted by Gasteiger charge is -1.99. The van der Waals surface area contributed by atoms with E-state index in [1.54, 1.807) is 6.07 Å². The highest BCUT2D eigenvalue weighted by Gasteiger charge is 2.04. The van der Waals surface area contributed by atoms with E-state index in [2.05, 4.69) is 12.6 Å². The summed E-state index contributed by atoms with van der Waals surface area (Å²) in [7, 11) is 0. The molecule has 0 atom stereocenters. The molecule has 0 amide bonds. The van der Waals surface area contributed by atoms with Crippen LogP contribution in [0.1, 0.15) is 5.56 Å². The van der Waals surface area contributed by atoms with E-state index in [0.29, 0.717) is 4.90 Å². The Kier molecular flexibility index (Phi) is 2.01. The molecule has 2 nitrogen and oxygen atoms in total. The van der Waals surface area contributed by atoms with Crippen LogP contribution < -0.4 is 5.73 Å². The van der Waals surface area contributed by atoms with Crippen LogP contribution >= 0.6 is 12.6 Å². The van der Waals surface area contributed by atoms with Gasteiger partial charge >= 0.3 is 0 Å². The van der Waals surface area contributed by atoms with E-state index in [9.17, 15) is 4.39 Å². The molecule has 0 spiro atoms. The summed E-state index contributed by atoms with van der Waals surface area (Å²) in [5.74, 6) is -0.603. The summed E-state index contributed by atoms with van der Waals surface area (Å²) < 4.78 is 12.7. The fourth-order valence-corrected chi connectivity index (χ4v) is 0.938. The SMILES string of the molecule is N#Cc1cc(S)cc(F)c1N. The van der Waals surface area contributed by atoms with Gasteiger partial charge < -0.3 is 5.73 Å². The summed E-state index contributed by atoms with van der Waals surface area (Å²) in [6.45, 7) is 0. The second kappa shape index (κ2) is 2.81. The van der Waals surface area contributed by atoms with Crippen molar-refractivity contribution in [3.63, 3.8) is 0 Å². The van der Waals surface area contributed by atoms with E-state index in [4.69, 9.17) is 11.0 Å². The molecule has 0 fully saturated rings. The first-order chi connectivity index (χ1) is 5.15. The maximum absolute atomic E-state index is 12.7. The molecule has 0 bridgehead atoms. The van der Waals surface area contributed by atoms with Gasteiger partial charge in [-0.2, -0.15) is 5.26 Å². The number of hydrogen-bond donors (Lipinski definition) is 2. The molecule has 56 valence electrons. The number of rotatable bonds is 0. The van der Waals surface area contributed by atoms with Crippen LogP contribution in [0.4, 0.5) is 10.1 Å². The summed E-state index contributed by atoms with van der Waals surface area (Å²) in [6.07, 6.45) is 0. The highest BCUT2D eigenvalue weighted by molar-refractivity contribution is 7.80. The van der Waals surface area contributed by atoms with Crippen LogP contribution in [-0.4, -0.2) is 0 Å². The molecule has 1 aromatic carbocycles. The molecule has 0 aliphatic carbocycles. The molecule has 1 rings (SSSR count). The number of benzene rings is 1. The number of nitrogens with two attached hydrogens (primary N) is 1. The second-order valence-electron chi connectivity index (χ2n) is 2.00. The van der Waals surface area contributed by atoms with Gasteiger partial charge in [0.1, 0.15) is 11.9 Å². The molecule has 0 saturated carbocycles. The summed E-state index contributed by atoms with van der Waals surface area (Å²) in [5, 5.41) is 8.44. The Bertz CT molecular complexity index is 330. The molecule has 4 heteroatoms. The number of anilines is 1. The van der Waals surface area contributed by atoms with Gasteiger partial charge in [-0.1, -0.05) is 0 Å². The Morgan fingerprint density at radius 2 is 2.18 bits per heavy atom. The van der Waals surface area contributed by atoms with E-state index >= 15 is 0 Å². The fraction of sp³-hybridized carbons (Fsp3) is 0. The lowest BCUT2D eigenvalue weighted by atomic mass is 10.2. The van der Waals surface area contributed by atoms with Crippen LogP contribution in [0.25, 0.3) is 0 Å². The van der Waals surface area contributed by atoms with Crippen LogP contribution in [0.2, 0.25) is 0 Å². The third-order valence-electron chi connectivity index (χ3n) is 1.23. The molecule has 0 saturated heterocycles. The van der Waals surface area contributed by atoms with E-state index in [-0.39, 0.29) is 11.3 Å². The third kappa shape index (κ3) is 1.44. The zero-order valence-corrected chi connectivity index (χ0v) is 6.40. The number of nitriles is 1. The minimum atomic E-state index is -0.603. The minimum absolute atomic E-state index is 0.120. The van der Waals surface area contributed by atoms with Gasteiger partial charge in [-0.25, -0.2) is 4.39 Å². The maximum atomic E-state index is 12.7. The zero-order valence-electron chi connectivity index (χ0n) is 5.50. The van der Waals surface area contributed by atoms with Gasteiger partial charge in [0.15, 0.2) is 0 Å². The zero-order chi connectivity index (χ0) is 8.43. The predicted molar refractivity (Wildman–Crippen MR) is 42.8 cm³/mol. The lowest BCUT2D eigenvalue weighted by molar-refractivity contribution is 0.628. The number of thiol groups is 1. The molecule has 0 aliphatic rings. The van der Waals surface area contributed by atoms with Crippen molar-refractivity contribution in [3.8, 4) is 6.07 Å². The van der Waals surface area contributed by atoms with Crippen LogP contribution in [0, 0.1) is 17.1 Å². The highest BCUT2D eigenvalue weighted by Crippen LogP contribution is 2.19. The van der Waals surface area contributed by atoms with E-state index in [1.165, 1.54) is 12.1 Å². The molecule has 11 heavy (non-hydrogen) atoms. The summed E-state index contributed by atoms with van der Waals surface area (Å²) in [6, 6.07) is 4.35. The summed E-state index contributed by atoms with van der Waals surface area (Å²) >= 11 is 3.88. The molecule has 0 heterocycles. The average Bonchev–Trinajstić information content (AvgIpc) is 1.96. The van der Waals surface area contributed by atoms with Crippen molar-refractivity contribution < 1.29 is 4.39 Å². The number of hydrogen-bond acceptors (Lipinski definition) is 3. The van der Waals surface area contributed by atoms with Gasteiger partial charge in [0.2, 0.25) is 0 Å². The summed E-state index contributed by atoms with van der Waals surface area (Å²) in [4.78, 5) is 0.397. The number of nitrogen functional groups attached to an aromatic ring is 1. The highest BCUT2D eigenvalue weighted by atomic mass is 32.1. The first kappa shape index (κ1) is 7.89. The van der Waals surface area contributed by atoms with Crippen LogP contribution in [-0.2, 0) is 0 Å². The minimum Gasteiger partial charge on any atom is -0.395 e.